The van der Waals surface area contributed by atoms with Gasteiger partial charge in [-0.15, -0.1) is 0 Å². The fourth-order valence-corrected chi connectivity index (χ4v) is 2.78. The third kappa shape index (κ3) is 4.83. The Bertz CT molecular complexity index is 695. The highest BCUT2D eigenvalue weighted by Crippen LogP contribution is 2.30. The molecule has 0 radical (unpaired) electrons. The van der Waals surface area contributed by atoms with Crippen LogP contribution in [-0.2, 0) is 9.53 Å². The first-order valence-electron chi connectivity index (χ1n) is 8.50. The number of ether oxygens (including phenoxy) is 2. The van der Waals surface area contributed by atoms with Crippen molar-refractivity contribution in [2.45, 2.75) is 50.9 Å². The van der Waals surface area contributed by atoms with Gasteiger partial charge in [-0.1, -0.05) is 12.2 Å². The van der Waals surface area contributed by atoms with Crippen molar-refractivity contribution in [1.29, 1.82) is 0 Å². The van der Waals surface area contributed by atoms with Gasteiger partial charge in [0.2, 0.25) is 0 Å². The molecule has 0 saturated heterocycles. The molecule has 0 amide bonds. The number of hydrogen-bond donors (Lipinski definition) is 3. The van der Waals surface area contributed by atoms with Gasteiger partial charge in [-0.05, 0) is 37.8 Å². The van der Waals surface area contributed by atoms with Gasteiger partial charge in [0.15, 0.2) is 5.78 Å². The molecule has 1 aliphatic rings. The first-order valence-corrected chi connectivity index (χ1v) is 8.50. The number of methoxy groups -OCH3 is 1. The average molecular weight is 364 g/mol. The minimum atomic E-state index is -1.46. The molecular formula is C19H24O7. The normalized spacial score (nSPS) is 26.4. The minimum absolute atomic E-state index is 0.00271. The van der Waals surface area contributed by atoms with Gasteiger partial charge in [-0.3, -0.25) is 4.79 Å². The van der Waals surface area contributed by atoms with Crippen LogP contribution >= 0.6 is 0 Å². The molecule has 1 aliphatic heterocycles. The number of esters is 1. The predicted octanol–water partition coefficient (Wildman–Crippen LogP) is 1.82. The molecule has 0 spiro atoms. The SMILES string of the molecule is COc1cc(O)c2c(c1)/C=C/C[C@@H](O)[C@@H](O)C(=O)CCC[C@H](C)OC2=O. The molecule has 1 aromatic carbocycles. The maximum absolute atomic E-state index is 12.5. The van der Waals surface area contributed by atoms with Crippen LogP contribution in [0.1, 0.15) is 48.5 Å². The second kappa shape index (κ2) is 8.82. The fraction of sp³-hybridized carbons (Fsp3) is 0.474. The number of rotatable bonds is 1. The Kier molecular flexibility index (Phi) is 6.76. The van der Waals surface area contributed by atoms with Crippen molar-refractivity contribution in [3.63, 3.8) is 0 Å². The van der Waals surface area contributed by atoms with Crippen LogP contribution in [0.25, 0.3) is 6.08 Å². The molecule has 142 valence electrons. The molecule has 7 nitrogen and oxygen atoms in total. The summed E-state index contributed by atoms with van der Waals surface area (Å²) in [7, 11) is 1.43. The number of phenolic OH excluding ortho intramolecular Hbond substituents is 1. The van der Waals surface area contributed by atoms with Crippen molar-refractivity contribution in [1.82, 2.24) is 0 Å². The van der Waals surface area contributed by atoms with Crippen LogP contribution in [0.2, 0.25) is 0 Å². The molecule has 0 unspecified atom stereocenters. The van der Waals surface area contributed by atoms with Crippen LogP contribution in [0.3, 0.4) is 0 Å². The predicted molar refractivity (Wildman–Crippen MR) is 94.1 cm³/mol. The molecule has 0 aliphatic carbocycles. The molecule has 7 heteroatoms. The maximum atomic E-state index is 12.5. The quantitative estimate of drug-likeness (QED) is 0.652. The van der Waals surface area contributed by atoms with Crippen molar-refractivity contribution in [2.24, 2.45) is 0 Å². The van der Waals surface area contributed by atoms with Crippen LogP contribution in [-0.4, -0.2) is 52.5 Å². The summed E-state index contributed by atoms with van der Waals surface area (Å²) < 4.78 is 10.5. The van der Waals surface area contributed by atoms with Crippen LogP contribution in [0, 0.1) is 0 Å². The summed E-state index contributed by atoms with van der Waals surface area (Å²) in [4.78, 5) is 24.4. The number of ketones is 1. The van der Waals surface area contributed by atoms with Crippen molar-refractivity contribution in [3.05, 3.63) is 29.3 Å². The van der Waals surface area contributed by atoms with E-state index in [2.05, 4.69) is 0 Å². The lowest BCUT2D eigenvalue weighted by molar-refractivity contribution is -0.132. The zero-order chi connectivity index (χ0) is 19.3. The van der Waals surface area contributed by atoms with Gasteiger partial charge in [0, 0.05) is 12.5 Å². The van der Waals surface area contributed by atoms with E-state index in [-0.39, 0.29) is 24.2 Å². The molecule has 26 heavy (non-hydrogen) atoms. The van der Waals surface area contributed by atoms with Crippen molar-refractivity contribution in [3.8, 4) is 11.5 Å². The van der Waals surface area contributed by atoms with E-state index in [1.54, 1.807) is 13.0 Å². The molecule has 0 saturated carbocycles. The molecule has 0 fully saturated rings. The van der Waals surface area contributed by atoms with Gasteiger partial charge in [0.25, 0.3) is 0 Å². The monoisotopic (exact) mass is 364 g/mol. The van der Waals surface area contributed by atoms with Crippen molar-refractivity contribution in [2.75, 3.05) is 7.11 Å². The van der Waals surface area contributed by atoms with Crippen LogP contribution < -0.4 is 4.74 Å². The molecular weight excluding hydrogens is 340 g/mol. The van der Waals surface area contributed by atoms with E-state index in [0.717, 1.165) is 0 Å². The average Bonchev–Trinajstić information content (AvgIpc) is 2.59. The zero-order valence-electron chi connectivity index (χ0n) is 14.8. The third-order valence-corrected chi connectivity index (χ3v) is 4.27. The summed E-state index contributed by atoms with van der Waals surface area (Å²) in [5.74, 6) is -1.05. The topological polar surface area (TPSA) is 113 Å². The fourth-order valence-electron chi connectivity index (χ4n) is 2.78. The maximum Gasteiger partial charge on any atom is 0.342 e. The number of aliphatic hydroxyl groups excluding tert-OH is 2. The van der Waals surface area contributed by atoms with Gasteiger partial charge in [-0.25, -0.2) is 4.79 Å². The van der Waals surface area contributed by atoms with E-state index in [1.807, 2.05) is 0 Å². The van der Waals surface area contributed by atoms with E-state index in [0.29, 0.717) is 24.2 Å². The summed E-state index contributed by atoms with van der Waals surface area (Å²) in [6, 6.07) is 2.87. The Hall–Kier alpha value is -2.38. The number of fused-ring (bicyclic) bond motifs is 1. The lowest BCUT2D eigenvalue weighted by Gasteiger charge is -2.18. The summed E-state index contributed by atoms with van der Waals surface area (Å²) in [5.41, 5.74) is 0.348. The standard InChI is InChI=1S/C19H24O7/c1-11-5-3-7-14(20)18(23)15(21)8-4-6-12-9-13(25-2)10-16(22)17(12)19(24)26-11/h4,6,9-11,15,18,21-23H,3,5,7-8H2,1-2H3/b6-4+/t11-,15+,18-/m0/s1. The number of benzene rings is 1. The van der Waals surface area contributed by atoms with Crippen molar-refractivity contribution >= 4 is 17.8 Å². The van der Waals surface area contributed by atoms with E-state index >= 15 is 0 Å². The second-order valence-electron chi connectivity index (χ2n) is 6.34. The number of Topliss-reactive ketones (excluding diaryl/α,β-unsaturated/α-hetero) is 1. The first-order chi connectivity index (χ1) is 12.3. The summed E-state index contributed by atoms with van der Waals surface area (Å²) >= 11 is 0. The number of hydrogen-bond acceptors (Lipinski definition) is 7. The van der Waals surface area contributed by atoms with E-state index in [1.165, 1.54) is 25.3 Å². The molecule has 0 aromatic heterocycles. The van der Waals surface area contributed by atoms with Gasteiger partial charge in [0.05, 0.1) is 19.3 Å². The van der Waals surface area contributed by atoms with Crippen LogP contribution in [0.15, 0.2) is 18.2 Å². The van der Waals surface area contributed by atoms with Gasteiger partial charge in [0.1, 0.15) is 23.2 Å². The largest absolute Gasteiger partial charge is 0.507 e. The Morgan fingerprint density at radius 2 is 1.96 bits per heavy atom. The van der Waals surface area contributed by atoms with E-state index < -0.39 is 30.1 Å². The Labute approximate surface area is 151 Å². The molecule has 1 aromatic rings. The number of phenols is 1. The van der Waals surface area contributed by atoms with Crippen LogP contribution in [0.5, 0.6) is 11.5 Å². The summed E-state index contributed by atoms with van der Waals surface area (Å²) in [6.07, 6.45) is 0.776. The molecule has 3 N–H and O–H groups in total. The highest BCUT2D eigenvalue weighted by Gasteiger charge is 2.25. The Morgan fingerprint density at radius 3 is 2.65 bits per heavy atom. The van der Waals surface area contributed by atoms with Crippen molar-refractivity contribution < 1.29 is 34.4 Å². The van der Waals surface area contributed by atoms with Crippen LogP contribution in [0.4, 0.5) is 0 Å². The molecule has 0 bridgehead atoms. The number of carbonyl (C=O) groups is 2. The minimum Gasteiger partial charge on any atom is -0.507 e. The van der Waals surface area contributed by atoms with E-state index in [4.69, 9.17) is 9.47 Å². The zero-order valence-corrected chi connectivity index (χ0v) is 14.8. The summed E-state index contributed by atoms with van der Waals surface area (Å²) in [6.45, 7) is 1.69. The summed E-state index contributed by atoms with van der Waals surface area (Å²) in [5, 5.41) is 30.1. The van der Waals surface area contributed by atoms with E-state index in [9.17, 15) is 24.9 Å². The highest BCUT2D eigenvalue weighted by molar-refractivity contribution is 5.97. The molecule has 2 rings (SSSR count). The number of aliphatic hydroxyl groups is 2. The number of carbonyl (C=O) groups excluding carboxylic acids is 2. The lowest BCUT2D eigenvalue weighted by Crippen LogP contribution is -2.33. The highest BCUT2D eigenvalue weighted by atomic mass is 16.5. The number of aromatic hydroxyl groups is 1. The molecule has 1 heterocycles. The second-order valence-corrected chi connectivity index (χ2v) is 6.34. The van der Waals surface area contributed by atoms with Gasteiger partial charge in [-0.2, -0.15) is 0 Å². The molecule has 3 atom stereocenters. The van der Waals surface area contributed by atoms with Gasteiger partial charge >= 0.3 is 5.97 Å². The third-order valence-electron chi connectivity index (χ3n) is 4.27. The Morgan fingerprint density at radius 1 is 1.23 bits per heavy atom. The first kappa shape index (κ1) is 19.9. The number of cyclic esters (lactones) is 1. The lowest BCUT2D eigenvalue weighted by atomic mass is 9.99. The van der Waals surface area contributed by atoms with Gasteiger partial charge < -0.3 is 24.8 Å². The smallest absolute Gasteiger partial charge is 0.342 e. The Balaban J connectivity index is 2.41.